The van der Waals surface area contributed by atoms with Crippen molar-refractivity contribution in [1.82, 2.24) is 14.9 Å². The van der Waals surface area contributed by atoms with Crippen molar-refractivity contribution in [3.05, 3.63) is 30.2 Å². The molecule has 0 unspecified atom stereocenters. The Labute approximate surface area is 162 Å². The summed E-state index contributed by atoms with van der Waals surface area (Å²) in [6, 6.07) is 5.83. The topological polar surface area (TPSA) is 114 Å². The Morgan fingerprint density at radius 2 is 1.85 bits per heavy atom. The molecule has 3 rings (SSSR count). The summed E-state index contributed by atoms with van der Waals surface area (Å²) in [4.78, 5) is 12.5. The predicted octanol–water partition coefficient (Wildman–Crippen LogP) is 2.75. The van der Waals surface area contributed by atoms with Crippen LogP contribution in [0.1, 0.15) is 45.4 Å². The summed E-state index contributed by atoms with van der Waals surface area (Å²) in [5.41, 5.74) is 0.514. The molecule has 1 aliphatic carbocycles. The minimum absolute atomic E-state index is 0.148. The lowest BCUT2D eigenvalue weighted by Gasteiger charge is -2.12. The Balaban J connectivity index is 1.57. The number of anilines is 1. The van der Waals surface area contributed by atoms with Crippen molar-refractivity contribution >= 4 is 33.4 Å². The number of nitrogens with zero attached hydrogens (tertiary/aromatic N) is 2. The summed E-state index contributed by atoms with van der Waals surface area (Å²) < 4.78 is 32.3. The molecule has 1 amide bonds. The lowest BCUT2D eigenvalue weighted by atomic mass is 10.3. The van der Waals surface area contributed by atoms with Crippen molar-refractivity contribution in [2.45, 2.75) is 60.9 Å². The first-order valence-corrected chi connectivity index (χ1v) is 11.0. The molecular formula is C17H22N4O4S2. The number of hydrogen-bond donors (Lipinski definition) is 2. The number of amides is 1. The molecule has 0 bridgehead atoms. The first kappa shape index (κ1) is 19.8. The van der Waals surface area contributed by atoms with Crippen molar-refractivity contribution in [1.29, 1.82) is 0 Å². The molecule has 0 saturated heterocycles. The number of rotatable bonds is 8. The van der Waals surface area contributed by atoms with E-state index in [1.807, 2.05) is 0 Å². The average Bonchev–Trinajstić information content (AvgIpc) is 3.34. The second-order valence-corrected chi connectivity index (χ2v) is 9.74. The zero-order valence-electron chi connectivity index (χ0n) is 15.3. The highest BCUT2D eigenvalue weighted by Gasteiger charge is 2.30. The first-order valence-electron chi connectivity index (χ1n) is 8.68. The number of carbonyl (C=O) groups excluding carboxylic acids is 1. The number of benzene rings is 1. The van der Waals surface area contributed by atoms with Crippen LogP contribution in [-0.2, 0) is 14.8 Å². The van der Waals surface area contributed by atoms with Crippen LogP contribution in [0.15, 0.2) is 38.8 Å². The molecular weight excluding hydrogens is 388 g/mol. The van der Waals surface area contributed by atoms with Gasteiger partial charge in [-0.2, -0.15) is 0 Å². The maximum Gasteiger partial charge on any atom is 0.277 e. The van der Waals surface area contributed by atoms with E-state index in [1.165, 1.54) is 23.9 Å². The van der Waals surface area contributed by atoms with Crippen molar-refractivity contribution in [3.8, 4) is 0 Å². The van der Waals surface area contributed by atoms with Crippen LogP contribution in [0.3, 0.4) is 0 Å². The summed E-state index contributed by atoms with van der Waals surface area (Å²) in [6.07, 6.45) is 2.14. The molecule has 1 aliphatic rings. The molecule has 1 atom stereocenters. The van der Waals surface area contributed by atoms with E-state index in [0.717, 1.165) is 12.8 Å². The van der Waals surface area contributed by atoms with Gasteiger partial charge in [-0.25, -0.2) is 13.1 Å². The molecule has 27 heavy (non-hydrogen) atoms. The van der Waals surface area contributed by atoms with Crippen LogP contribution in [-0.4, -0.2) is 35.8 Å². The summed E-state index contributed by atoms with van der Waals surface area (Å²) in [5, 5.41) is 10.7. The average molecular weight is 411 g/mol. The minimum Gasteiger partial charge on any atom is -0.416 e. The van der Waals surface area contributed by atoms with Gasteiger partial charge in [0.15, 0.2) is 0 Å². The Hall–Kier alpha value is -1.91. The van der Waals surface area contributed by atoms with Crippen LogP contribution < -0.4 is 10.0 Å². The molecule has 1 aromatic heterocycles. The summed E-state index contributed by atoms with van der Waals surface area (Å²) in [6.45, 7) is 5.25. The van der Waals surface area contributed by atoms with E-state index < -0.39 is 15.3 Å². The summed E-state index contributed by atoms with van der Waals surface area (Å²) in [5.74, 6) is 0.773. The summed E-state index contributed by atoms with van der Waals surface area (Å²) in [7, 11) is -3.56. The highest BCUT2D eigenvalue weighted by molar-refractivity contribution is 8.00. The largest absolute Gasteiger partial charge is 0.416 e. The Morgan fingerprint density at radius 3 is 2.44 bits per heavy atom. The number of sulfonamides is 1. The van der Waals surface area contributed by atoms with Gasteiger partial charge in [-0.1, -0.05) is 11.8 Å². The van der Waals surface area contributed by atoms with Crippen molar-refractivity contribution in [2.75, 3.05) is 5.32 Å². The first-order chi connectivity index (χ1) is 12.7. The quantitative estimate of drug-likeness (QED) is 0.643. The van der Waals surface area contributed by atoms with Gasteiger partial charge in [-0.15, -0.1) is 10.2 Å². The third kappa shape index (κ3) is 5.30. The molecule has 146 valence electrons. The van der Waals surface area contributed by atoms with Crippen LogP contribution in [0.2, 0.25) is 0 Å². The van der Waals surface area contributed by atoms with Crippen LogP contribution in [0.4, 0.5) is 5.69 Å². The molecule has 8 nitrogen and oxygen atoms in total. The molecule has 1 fully saturated rings. The third-order valence-corrected chi connectivity index (χ3v) is 6.43. The molecule has 2 aromatic rings. The minimum atomic E-state index is -3.56. The SMILES string of the molecule is CC(C)NS(=O)(=O)c1ccc(NC(=O)[C@@H](C)Sc2nnc(C3CC3)o2)cc1. The van der Waals surface area contributed by atoms with E-state index in [1.54, 1.807) is 32.9 Å². The highest BCUT2D eigenvalue weighted by Crippen LogP contribution is 2.40. The molecule has 1 aromatic carbocycles. The van der Waals surface area contributed by atoms with Crippen LogP contribution >= 0.6 is 11.8 Å². The fourth-order valence-corrected chi connectivity index (χ4v) is 4.25. The number of thioether (sulfide) groups is 1. The number of nitrogens with one attached hydrogen (secondary N) is 2. The number of carbonyl (C=O) groups is 1. The van der Waals surface area contributed by atoms with Crippen molar-refractivity contribution < 1.29 is 17.6 Å². The smallest absolute Gasteiger partial charge is 0.277 e. The molecule has 10 heteroatoms. The van der Waals surface area contributed by atoms with Gasteiger partial charge in [0.2, 0.25) is 21.8 Å². The fraction of sp³-hybridized carbons (Fsp3) is 0.471. The monoisotopic (exact) mass is 410 g/mol. The highest BCUT2D eigenvalue weighted by atomic mass is 32.2. The van der Waals surface area contributed by atoms with E-state index in [2.05, 4.69) is 20.2 Å². The van der Waals surface area contributed by atoms with E-state index >= 15 is 0 Å². The molecule has 0 spiro atoms. The van der Waals surface area contributed by atoms with Crippen molar-refractivity contribution in [3.63, 3.8) is 0 Å². The van der Waals surface area contributed by atoms with E-state index in [9.17, 15) is 13.2 Å². The lowest BCUT2D eigenvalue weighted by Crippen LogP contribution is -2.30. The van der Waals surface area contributed by atoms with Crippen LogP contribution in [0.25, 0.3) is 0 Å². The molecule has 0 radical (unpaired) electrons. The van der Waals surface area contributed by atoms with E-state index in [-0.39, 0.29) is 16.8 Å². The van der Waals surface area contributed by atoms with Gasteiger partial charge in [-0.3, -0.25) is 4.79 Å². The zero-order chi connectivity index (χ0) is 19.6. The Bertz CT molecular complexity index is 905. The van der Waals surface area contributed by atoms with Gasteiger partial charge in [0, 0.05) is 17.6 Å². The van der Waals surface area contributed by atoms with Gasteiger partial charge in [0.25, 0.3) is 5.22 Å². The molecule has 0 aliphatic heterocycles. The number of aromatic nitrogens is 2. The maximum absolute atomic E-state index is 12.3. The van der Waals surface area contributed by atoms with Crippen molar-refractivity contribution in [2.24, 2.45) is 0 Å². The second-order valence-electron chi connectivity index (χ2n) is 6.73. The number of hydrogen-bond acceptors (Lipinski definition) is 7. The molecule has 1 saturated carbocycles. The van der Waals surface area contributed by atoms with E-state index in [4.69, 9.17) is 4.42 Å². The molecule has 1 heterocycles. The molecule has 2 N–H and O–H groups in total. The van der Waals surface area contributed by atoms with Gasteiger partial charge >= 0.3 is 0 Å². The van der Waals surface area contributed by atoms with Gasteiger partial charge in [0.05, 0.1) is 10.1 Å². The Kier molecular flexibility index (Phi) is 5.87. The standard InChI is InChI=1S/C17H22N4O4S2/c1-10(2)21-27(23,24)14-8-6-13(7-9-14)18-15(22)11(3)26-17-20-19-16(25-17)12-4-5-12/h6-12,21H,4-5H2,1-3H3,(H,18,22)/t11-/m1/s1. The maximum atomic E-state index is 12.3. The van der Waals surface area contributed by atoms with E-state index in [0.29, 0.717) is 22.7 Å². The summed E-state index contributed by atoms with van der Waals surface area (Å²) >= 11 is 1.19. The lowest BCUT2D eigenvalue weighted by molar-refractivity contribution is -0.115. The van der Waals surface area contributed by atoms with Crippen LogP contribution in [0, 0.1) is 0 Å². The third-order valence-electron chi connectivity index (χ3n) is 3.82. The van der Waals surface area contributed by atoms with Gasteiger partial charge in [0.1, 0.15) is 0 Å². The fourth-order valence-electron chi connectivity index (χ4n) is 2.31. The zero-order valence-corrected chi connectivity index (χ0v) is 16.9. The van der Waals surface area contributed by atoms with Crippen LogP contribution in [0.5, 0.6) is 0 Å². The second kappa shape index (κ2) is 7.99. The normalized spacial score (nSPS) is 15.7. The van der Waals surface area contributed by atoms with Gasteiger partial charge in [-0.05, 0) is 57.9 Å². The van der Waals surface area contributed by atoms with Gasteiger partial charge < -0.3 is 9.73 Å². The Morgan fingerprint density at radius 1 is 1.19 bits per heavy atom. The predicted molar refractivity (Wildman–Crippen MR) is 102 cm³/mol.